The van der Waals surface area contributed by atoms with E-state index >= 15 is 0 Å². The fourth-order valence-electron chi connectivity index (χ4n) is 2.00. The predicted molar refractivity (Wildman–Crippen MR) is 63.9 cm³/mol. The van der Waals surface area contributed by atoms with Gasteiger partial charge in [0.1, 0.15) is 0 Å². The molecule has 1 nitrogen and oxygen atoms in total. The molecule has 2 rings (SSSR count). The quantitative estimate of drug-likeness (QED) is 0.606. The first-order valence-corrected chi connectivity index (χ1v) is 6.14. The Balaban J connectivity index is 2.63. The van der Waals surface area contributed by atoms with Gasteiger partial charge in [-0.05, 0) is 17.5 Å². The van der Waals surface area contributed by atoms with Crippen LogP contribution in [-0.4, -0.2) is 18.0 Å². The Morgan fingerprint density at radius 3 is 1.83 bits per heavy atom. The first kappa shape index (κ1) is 18.2. The minimum Gasteiger partial charge on any atom is -0.289 e. The molecule has 0 saturated heterocycles. The molecule has 0 fully saturated rings. The summed E-state index contributed by atoms with van der Waals surface area (Å²) >= 11 is 0. The van der Waals surface area contributed by atoms with Gasteiger partial charge in [-0.3, -0.25) is 5.11 Å². The van der Waals surface area contributed by atoms with E-state index in [1.807, 2.05) is 0 Å². The fourth-order valence-corrected chi connectivity index (χ4v) is 2.00. The van der Waals surface area contributed by atoms with Gasteiger partial charge in [-0.25, -0.2) is 0 Å². The fraction of sp³-hybridized carbons (Fsp3) is 0.286. The van der Waals surface area contributed by atoms with Crippen LogP contribution in [0.25, 0.3) is 10.8 Å². The molecule has 0 heterocycles. The summed E-state index contributed by atoms with van der Waals surface area (Å²) in [7, 11) is 0. The smallest absolute Gasteiger partial charge is 0.289 e. The summed E-state index contributed by atoms with van der Waals surface area (Å²) < 4.78 is 116. The maximum absolute atomic E-state index is 13.8. The number of alkyl halides is 9. The van der Waals surface area contributed by atoms with Gasteiger partial charge in [0, 0.05) is 10.9 Å². The molecule has 0 saturated carbocycles. The standard InChI is InChI=1S/C14H6F9O/c15-11(16,12(17,18)13(19,20)14(21,22)23)8-5-4-7-2-1-3-10(24)9(7)6-8/h1-6H. The van der Waals surface area contributed by atoms with E-state index in [4.69, 9.17) is 0 Å². The molecule has 0 spiro atoms. The lowest BCUT2D eigenvalue weighted by atomic mass is 9.94. The second-order valence-electron chi connectivity index (χ2n) is 4.91. The van der Waals surface area contributed by atoms with Gasteiger partial charge in [0.2, 0.25) is 0 Å². The molecule has 1 radical (unpaired) electrons. The second kappa shape index (κ2) is 5.18. The van der Waals surface area contributed by atoms with Crippen LogP contribution in [0.2, 0.25) is 0 Å². The van der Waals surface area contributed by atoms with E-state index < -0.39 is 40.6 Å². The van der Waals surface area contributed by atoms with Crippen molar-refractivity contribution in [1.29, 1.82) is 0 Å². The zero-order valence-corrected chi connectivity index (χ0v) is 11.3. The van der Waals surface area contributed by atoms with Crippen molar-refractivity contribution in [3.63, 3.8) is 0 Å². The summed E-state index contributed by atoms with van der Waals surface area (Å²) in [6.07, 6.45) is -6.89. The van der Waals surface area contributed by atoms with Crippen molar-refractivity contribution < 1.29 is 44.6 Å². The van der Waals surface area contributed by atoms with Crippen LogP contribution in [0.1, 0.15) is 5.56 Å². The molecule has 2 aromatic rings. The van der Waals surface area contributed by atoms with E-state index in [1.54, 1.807) is 0 Å². The van der Waals surface area contributed by atoms with Crippen LogP contribution in [0.3, 0.4) is 0 Å². The summed E-state index contributed by atoms with van der Waals surface area (Å²) in [6, 6.07) is 4.57. The molecule has 0 N–H and O–H groups in total. The lowest BCUT2D eigenvalue weighted by Crippen LogP contribution is -2.59. The highest BCUT2D eigenvalue weighted by molar-refractivity contribution is 5.88. The lowest BCUT2D eigenvalue weighted by Gasteiger charge is -2.33. The van der Waals surface area contributed by atoms with Crippen LogP contribution < -0.4 is 0 Å². The van der Waals surface area contributed by atoms with Crippen LogP contribution >= 0.6 is 0 Å². The molecule has 0 aromatic heterocycles. The summed E-state index contributed by atoms with van der Waals surface area (Å²) in [6.45, 7) is 0. The first-order chi connectivity index (χ1) is 10.7. The minimum absolute atomic E-state index is 0.0351. The third-order valence-corrected chi connectivity index (χ3v) is 3.35. The van der Waals surface area contributed by atoms with Crippen molar-refractivity contribution in [3.05, 3.63) is 42.0 Å². The zero-order valence-electron chi connectivity index (χ0n) is 11.3. The third kappa shape index (κ3) is 2.44. The van der Waals surface area contributed by atoms with Gasteiger partial charge in [0.05, 0.1) is 0 Å². The molecule has 0 aliphatic heterocycles. The van der Waals surface area contributed by atoms with Crippen LogP contribution in [0.15, 0.2) is 36.4 Å². The number of fused-ring (bicyclic) bond motifs is 1. The molecule has 0 unspecified atom stereocenters. The van der Waals surface area contributed by atoms with Crippen molar-refractivity contribution in [2.45, 2.75) is 23.9 Å². The Kier molecular flexibility index (Phi) is 3.93. The van der Waals surface area contributed by atoms with Crippen LogP contribution in [-0.2, 0) is 11.0 Å². The number of hydrogen-bond donors (Lipinski definition) is 0. The highest BCUT2D eigenvalue weighted by atomic mass is 19.4. The first-order valence-electron chi connectivity index (χ1n) is 6.14. The van der Waals surface area contributed by atoms with E-state index in [2.05, 4.69) is 0 Å². The van der Waals surface area contributed by atoms with Gasteiger partial charge < -0.3 is 0 Å². The van der Waals surface area contributed by atoms with E-state index in [1.165, 1.54) is 12.1 Å². The van der Waals surface area contributed by atoms with Gasteiger partial charge in [-0.15, -0.1) is 0 Å². The summed E-state index contributed by atoms with van der Waals surface area (Å²) in [5.74, 6) is -20.5. The Hall–Kier alpha value is -2.13. The van der Waals surface area contributed by atoms with Crippen molar-refractivity contribution in [1.82, 2.24) is 0 Å². The second-order valence-corrected chi connectivity index (χ2v) is 4.91. The van der Waals surface area contributed by atoms with Gasteiger partial charge in [0.25, 0.3) is 0 Å². The normalized spacial score (nSPS) is 14.2. The molecule has 0 atom stereocenters. The van der Waals surface area contributed by atoms with E-state index in [0.29, 0.717) is 0 Å². The van der Waals surface area contributed by atoms with E-state index in [-0.39, 0.29) is 17.5 Å². The molecule has 24 heavy (non-hydrogen) atoms. The Labute approximate surface area is 128 Å². The van der Waals surface area contributed by atoms with Crippen molar-refractivity contribution >= 4 is 10.8 Å². The summed E-state index contributed by atoms with van der Waals surface area (Å²) in [4.78, 5) is 0. The van der Waals surface area contributed by atoms with E-state index in [0.717, 1.165) is 12.1 Å². The highest BCUT2D eigenvalue weighted by Crippen LogP contribution is 2.56. The third-order valence-electron chi connectivity index (χ3n) is 3.35. The lowest BCUT2D eigenvalue weighted by molar-refractivity contribution is -0.399. The highest BCUT2D eigenvalue weighted by Gasteiger charge is 2.82. The molecule has 0 bridgehead atoms. The average Bonchev–Trinajstić information content (AvgIpc) is 2.45. The van der Waals surface area contributed by atoms with Crippen LogP contribution in [0, 0.1) is 0 Å². The molecule has 0 aliphatic rings. The Morgan fingerprint density at radius 1 is 0.708 bits per heavy atom. The van der Waals surface area contributed by atoms with Gasteiger partial charge in [0.15, 0.2) is 5.75 Å². The average molecular weight is 361 g/mol. The number of hydrogen-bond acceptors (Lipinski definition) is 0. The monoisotopic (exact) mass is 361 g/mol. The molecule has 0 amide bonds. The van der Waals surface area contributed by atoms with Crippen LogP contribution in [0.4, 0.5) is 39.5 Å². The van der Waals surface area contributed by atoms with Crippen molar-refractivity contribution in [3.8, 4) is 5.75 Å². The molecule has 10 heteroatoms. The zero-order chi connectivity index (χ0) is 18.6. The topological polar surface area (TPSA) is 19.9 Å². The summed E-state index contributed by atoms with van der Waals surface area (Å²) in [5, 5.41) is 11.0. The van der Waals surface area contributed by atoms with Crippen molar-refractivity contribution in [2.24, 2.45) is 0 Å². The largest absolute Gasteiger partial charge is 0.460 e. The number of halogens is 9. The van der Waals surface area contributed by atoms with Gasteiger partial charge in [-0.1, -0.05) is 24.3 Å². The minimum atomic E-state index is -6.98. The SMILES string of the molecule is [O]c1cccc2ccc(C(F)(F)C(F)(F)C(F)(F)C(F)(F)F)cc12. The van der Waals surface area contributed by atoms with Crippen molar-refractivity contribution in [2.75, 3.05) is 0 Å². The molecule has 2 aromatic carbocycles. The van der Waals surface area contributed by atoms with Gasteiger partial charge in [-0.2, -0.15) is 39.5 Å². The van der Waals surface area contributed by atoms with Gasteiger partial charge >= 0.3 is 23.9 Å². The van der Waals surface area contributed by atoms with Crippen LogP contribution in [0.5, 0.6) is 5.75 Å². The Morgan fingerprint density at radius 2 is 1.29 bits per heavy atom. The maximum atomic E-state index is 13.8. The molecule has 0 aliphatic carbocycles. The Bertz CT molecular complexity index is 764. The summed E-state index contributed by atoms with van der Waals surface area (Å²) in [5.41, 5.74) is -1.83. The predicted octanol–water partition coefficient (Wildman–Crippen LogP) is 5.91. The number of rotatable bonds is 3. The molecule has 131 valence electrons. The van der Waals surface area contributed by atoms with E-state index in [9.17, 15) is 44.6 Å². The molecular weight excluding hydrogens is 355 g/mol. The number of benzene rings is 2. The maximum Gasteiger partial charge on any atom is 0.460 e. The molecular formula is C14H6F9O.